The fraction of sp³-hybridized carbons (Fsp3) is 0.235. The Morgan fingerprint density at radius 3 is 2.90 bits per heavy atom. The number of anilines is 1. The molecule has 0 saturated heterocycles. The number of amides is 1. The van der Waals surface area contributed by atoms with Crippen molar-refractivity contribution in [3.63, 3.8) is 0 Å². The van der Waals surface area contributed by atoms with Gasteiger partial charge in [0.05, 0.1) is 19.6 Å². The summed E-state index contributed by atoms with van der Waals surface area (Å²) >= 11 is 0. The van der Waals surface area contributed by atoms with Crippen molar-refractivity contribution in [2.75, 3.05) is 18.5 Å². The first-order valence-corrected chi connectivity index (χ1v) is 7.05. The lowest BCUT2D eigenvalue weighted by molar-refractivity contribution is -0.116. The first-order chi connectivity index (χ1) is 10.3. The van der Waals surface area contributed by atoms with Crippen molar-refractivity contribution in [2.45, 2.75) is 12.8 Å². The van der Waals surface area contributed by atoms with Gasteiger partial charge >= 0.3 is 0 Å². The third-order valence-electron chi connectivity index (χ3n) is 3.31. The smallest absolute Gasteiger partial charge is 0.227 e. The van der Waals surface area contributed by atoms with Crippen LogP contribution in [0, 0.1) is 0 Å². The molecule has 0 fully saturated rings. The number of para-hydroxylation sites is 1. The number of hydrogen-bond acceptors (Lipinski definition) is 3. The Morgan fingerprint density at radius 1 is 1.19 bits per heavy atom. The van der Waals surface area contributed by atoms with Gasteiger partial charge in [0.1, 0.15) is 11.5 Å². The molecule has 0 atom stereocenters. The van der Waals surface area contributed by atoms with Crippen LogP contribution in [0.25, 0.3) is 0 Å². The van der Waals surface area contributed by atoms with Gasteiger partial charge in [0.15, 0.2) is 0 Å². The average Bonchev–Trinajstić information content (AvgIpc) is 2.96. The highest BCUT2D eigenvalue weighted by molar-refractivity contribution is 5.91. The highest BCUT2D eigenvalue weighted by Gasteiger charge is 2.12. The Bertz CT molecular complexity index is 625. The van der Waals surface area contributed by atoms with E-state index in [1.54, 1.807) is 0 Å². The van der Waals surface area contributed by atoms with Gasteiger partial charge in [0, 0.05) is 12.1 Å². The van der Waals surface area contributed by atoms with E-state index in [2.05, 4.69) is 5.32 Å². The second-order valence-corrected chi connectivity index (χ2v) is 4.88. The van der Waals surface area contributed by atoms with E-state index in [1.165, 1.54) is 0 Å². The second-order valence-electron chi connectivity index (χ2n) is 4.88. The molecule has 1 heterocycles. The molecule has 21 heavy (non-hydrogen) atoms. The van der Waals surface area contributed by atoms with Crippen molar-refractivity contribution in [1.82, 2.24) is 0 Å². The van der Waals surface area contributed by atoms with E-state index < -0.39 is 0 Å². The minimum Gasteiger partial charge on any atom is -0.493 e. The van der Waals surface area contributed by atoms with Gasteiger partial charge in [-0.15, -0.1) is 0 Å². The van der Waals surface area contributed by atoms with Crippen LogP contribution < -0.4 is 14.8 Å². The van der Waals surface area contributed by atoms with E-state index in [0.29, 0.717) is 13.0 Å². The van der Waals surface area contributed by atoms with Crippen molar-refractivity contribution >= 4 is 11.6 Å². The summed E-state index contributed by atoms with van der Waals surface area (Å²) in [7, 11) is 0. The summed E-state index contributed by atoms with van der Waals surface area (Å²) in [5.41, 5.74) is 1.96. The topological polar surface area (TPSA) is 47.6 Å². The molecule has 3 rings (SSSR count). The van der Waals surface area contributed by atoms with Crippen LogP contribution in [0.2, 0.25) is 0 Å². The molecular weight excluding hydrogens is 266 g/mol. The van der Waals surface area contributed by atoms with Gasteiger partial charge in [-0.25, -0.2) is 0 Å². The molecule has 1 aliphatic heterocycles. The van der Waals surface area contributed by atoms with E-state index >= 15 is 0 Å². The predicted molar refractivity (Wildman–Crippen MR) is 80.8 cm³/mol. The highest BCUT2D eigenvalue weighted by atomic mass is 16.5. The molecule has 2 aromatic rings. The molecule has 1 N–H and O–H groups in total. The standard InChI is InChI=1S/C17H17NO3/c19-17(9-11-20-15-4-2-1-3-5-15)18-14-6-7-16-13(12-14)8-10-21-16/h1-7,12H,8-11H2,(H,18,19). The predicted octanol–water partition coefficient (Wildman–Crippen LogP) is 3.03. The molecule has 0 spiro atoms. The third kappa shape index (κ3) is 3.54. The molecule has 4 heteroatoms. The van der Waals surface area contributed by atoms with Crippen molar-refractivity contribution < 1.29 is 14.3 Å². The Morgan fingerprint density at radius 2 is 2.05 bits per heavy atom. The van der Waals surface area contributed by atoms with Crippen molar-refractivity contribution in [1.29, 1.82) is 0 Å². The summed E-state index contributed by atoms with van der Waals surface area (Å²) in [4.78, 5) is 11.9. The molecule has 108 valence electrons. The zero-order valence-corrected chi connectivity index (χ0v) is 11.7. The minimum absolute atomic E-state index is 0.0511. The Balaban J connectivity index is 1.48. The molecule has 0 aliphatic carbocycles. The fourth-order valence-electron chi connectivity index (χ4n) is 2.27. The van der Waals surface area contributed by atoms with Gasteiger partial charge in [0.2, 0.25) is 5.91 Å². The van der Waals surface area contributed by atoms with Crippen LogP contribution in [0.5, 0.6) is 11.5 Å². The molecule has 0 bridgehead atoms. The van der Waals surface area contributed by atoms with E-state index in [0.717, 1.165) is 35.8 Å². The van der Waals surface area contributed by atoms with Gasteiger partial charge in [-0.05, 0) is 35.9 Å². The Kier molecular flexibility index (Phi) is 4.05. The van der Waals surface area contributed by atoms with Crippen LogP contribution >= 0.6 is 0 Å². The molecule has 4 nitrogen and oxygen atoms in total. The second kappa shape index (κ2) is 6.31. The van der Waals surface area contributed by atoms with E-state index in [4.69, 9.17) is 9.47 Å². The van der Waals surface area contributed by atoms with E-state index in [1.807, 2.05) is 48.5 Å². The number of benzene rings is 2. The van der Waals surface area contributed by atoms with Gasteiger partial charge < -0.3 is 14.8 Å². The summed E-state index contributed by atoms with van der Waals surface area (Å²) in [5.74, 6) is 1.64. The normalized spacial score (nSPS) is 12.4. The maximum Gasteiger partial charge on any atom is 0.227 e. The maximum atomic E-state index is 11.9. The van der Waals surface area contributed by atoms with Crippen LogP contribution in [-0.2, 0) is 11.2 Å². The number of hydrogen-bond donors (Lipinski definition) is 1. The molecule has 0 unspecified atom stereocenters. The molecule has 0 aromatic heterocycles. The number of rotatable bonds is 5. The summed E-state index contributed by atoms with van der Waals surface area (Å²) < 4.78 is 10.9. The lowest BCUT2D eigenvalue weighted by Crippen LogP contribution is -2.15. The number of nitrogens with one attached hydrogen (secondary N) is 1. The maximum absolute atomic E-state index is 11.9. The van der Waals surface area contributed by atoms with Crippen LogP contribution in [-0.4, -0.2) is 19.1 Å². The number of carbonyl (C=O) groups is 1. The number of carbonyl (C=O) groups excluding carboxylic acids is 1. The summed E-state index contributed by atoms with van der Waals surface area (Å²) in [6, 6.07) is 15.2. The van der Waals surface area contributed by atoms with Gasteiger partial charge in [-0.2, -0.15) is 0 Å². The van der Waals surface area contributed by atoms with E-state index in [-0.39, 0.29) is 5.91 Å². The number of fused-ring (bicyclic) bond motifs is 1. The first-order valence-electron chi connectivity index (χ1n) is 7.05. The Labute approximate surface area is 123 Å². The van der Waals surface area contributed by atoms with Crippen LogP contribution in [0.4, 0.5) is 5.69 Å². The quantitative estimate of drug-likeness (QED) is 0.917. The fourth-order valence-corrected chi connectivity index (χ4v) is 2.27. The van der Waals surface area contributed by atoms with Crippen molar-refractivity contribution in [3.8, 4) is 11.5 Å². The molecule has 0 radical (unpaired) electrons. The molecule has 1 aliphatic rings. The van der Waals surface area contributed by atoms with E-state index in [9.17, 15) is 4.79 Å². The van der Waals surface area contributed by atoms with Gasteiger partial charge in [-0.3, -0.25) is 4.79 Å². The van der Waals surface area contributed by atoms with Gasteiger partial charge in [-0.1, -0.05) is 18.2 Å². The third-order valence-corrected chi connectivity index (χ3v) is 3.31. The summed E-state index contributed by atoms with van der Waals surface area (Å²) in [6.07, 6.45) is 1.22. The Hall–Kier alpha value is -2.49. The zero-order chi connectivity index (χ0) is 14.5. The minimum atomic E-state index is -0.0511. The van der Waals surface area contributed by atoms with Crippen LogP contribution in [0.1, 0.15) is 12.0 Å². The average molecular weight is 283 g/mol. The van der Waals surface area contributed by atoms with Crippen molar-refractivity contribution in [3.05, 3.63) is 54.1 Å². The molecule has 2 aromatic carbocycles. The van der Waals surface area contributed by atoms with Crippen molar-refractivity contribution in [2.24, 2.45) is 0 Å². The molecule has 0 saturated carbocycles. The largest absolute Gasteiger partial charge is 0.493 e. The lowest BCUT2D eigenvalue weighted by Gasteiger charge is -2.08. The zero-order valence-electron chi connectivity index (χ0n) is 11.7. The monoisotopic (exact) mass is 283 g/mol. The van der Waals surface area contributed by atoms with Crippen LogP contribution in [0.15, 0.2) is 48.5 Å². The van der Waals surface area contributed by atoms with Gasteiger partial charge in [0.25, 0.3) is 0 Å². The molecule has 1 amide bonds. The first kappa shape index (κ1) is 13.5. The highest BCUT2D eigenvalue weighted by Crippen LogP contribution is 2.27. The SMILES string of the molecule is O=C(CCOc1ccccc1)Nc1ccc2c(c1)CCO2. The summed E-state index contributed by atoms with van der Waals surface area (Å²) in [6.45, 7) is 1.08. The van der Waals surface area contributed by atoms with Crippen LogP contribution in [0.3, 0.4) is 0 Å². The number of ether oxygens (including phenoxy) is 2. The summed E-state index contributed by atoms with van der Waals surface area (Å²) in [5, 5.41) is 2.88. The lowest BCUT2D eigenvalue weighted by atomic mass is 10.1. The molecular formula is C17H17NO3.